The van der Waals surface area contributed by atoms with Gasteiger partial charge in [0.2, 0.25) is 0 Å². The van der Waals surface area contributed by atoms with Crippen molar-refractivity contribution >= 4 is 18.2 Å². The van der Waals surface area contributed by atoms with Gasteiger partial charge < -0.3 is 4.52 Å². The number of aromatic amines is 2. The van der Waals surface area contributed by atoms with Crippen LogP contribution in [-0.4, -0.2) is 37.3 Å². The van der Waals surface area contributed by atoms with Gasteiger partial charge in [0.05, 0.1) is 0 Å². The Kier molecular flexibility index (Phi) is 3.22. The Bertz CT molecular complexity index is 475. The second-order valence-electron chi connectivity index (χ2n) is 3.03. The molecule has 16 heavy (non-hydrogen) atoms. The maximum Gasteiger partial charge on any atom is 0.315 e. The topological polar surface area (TPSA) is 126 Å². The first kappa shape index (κ1) is 10.7. The highest BCUT2D eigenvalue weighted by Crippen LogP contribution is 2.03. The number of nitrogens with two attached hydrogens (primary N) is 1. The summed E-state index contributed by atoms with van der Waals surface area (Å²) in [6.45, 7) is 0.576. The Balaban J connectivity index is 1.80. The van der Waals surface area contributed by atoms with Crippen LogP contribution in [0.5, 0.6) is 0 Å². The lowest BCUT2D eigenvalue weighted by molar-refractivity contribution is 0.403. The molecular weight excluding hydrogens is 232 g/mol. The molecule has 0 aromatic carbocycles. The monoisotopic (exact) mass is 242 g/mol. The van der Waals surface area contributed by atoms with Gasteiger partial charge in [-0.2, -0.15) is 15.4 Å². The van der Waals surface area contributed by atoms with Crippen LogP contribution >= 0.6 is 12.2 Å². The molecule has 0 spiro atoms. The minimum absolute atomic E-state index is 0.128. The van der Waals surface area contributed by atoms with Gasteiger partial charge in [-0.15, -0.1) is 10.2 Å². The molecule has 0 unspecified atom stereocenters. The van der Waals surface area contributed by atoms with Crippen molar-refractivity contribution in [3.63, 3.8) is 0 Å². The zero-order chi connectivity index (χ0) is 11.4. The zero-order valence-corrected chi connectivity index (χ0v) is 9.07. The van der Waals surface area contributed by atoms with Crippen molar-refractivity contribution in [3.05, 3.63) is 10.7 Å². The number of hydrazine groups is 1. The van der Waals surface area contributed by atoms with E-state index in [9.17, 15) is 0 Å². The molecule has 0 saturated heterocycles. The average molecular weight is 242 g/mol. The third-order valence-corrected chi connectivity index (χ3v) is 2.06. The van der Waals surface area contributed by atoms with E-state index in [2.05, 4.69) is 30.8 Å². The number of nitrogens with one attached hydrogen (secondary N) is 2. The molecule has 4 N–H and O–H groups in total. The number of nitrogens with zero attached hydrogens (tertiary/aromatic N) is 5. The van der Waals surface area contributed by atoms with Crippen LogP contribution in [0.1, 0.15) is 12.2 Å². The van der Waals surface area contributed by atoms with Gasteiger partial charge in [0.1, 0.15) is 0 Å². The maximum atomic E-state index is 5.72. The normalized spacial score (nSPS) is 10.6. The van der Waals surface area contributed by atoms with Crippen LogP contribution in [0.3, 0.4) is 0 Å². The van der Waals surface area contributed by atoms with Crippen LogP contribution in [0.4, 0.5) is 5.95 Å². The second kappa shape index (κ2) is 4.81. The third-order valence-electron chi connectivity index (χ3n) is 1.89. The molecule has 0 aliphatic heterocycles. The van der Waals surface area contributed by atoms with Gasteiger partial charge in [-0.1, -0.05) is 5.21 Å². The van der Waals surface area contributed by atoms with Gasteiger partial charge in [-0.3, -0.25) is 5.01 Å². The summed E-state index contributed by atoms with van der Waals surface area (Å²) in [5.74, 6) is 6.77. The van der Waals surface area contributed by atoms with E-state index in [0.717, 1.165) is 6.42 Å². The Morgan fingerprint density at radius 3 is 3.00 bits per heavy atom. The molecule has 0 atom stereocenters. The molecule has 0 aliphatic rings. The van der Waals surface area contributed by atoms with Crippen molar-refractivity contribution in [2.24, 2.45) is 5.84 Å². The van der Waals surface area contributed by atoms with Crippen molar-refractivity contribution < 1.29 is 4.52 Å². The van der Waals surface area contributed by atoms with Gasteiger partial charge in [-0.25, -0.2) is 5.84 Å². The minimum atomic E-state index is 0.128. The lowest BCUT2D eigenvalue weighted by Gasteiger charge is -2.12. The SMILES string of the molecule is NN(CCCc1nn[nH]n1)c1nc(=S)o[nH]1. The van der Waals surface area contributed by atoms with Crippen LogP contribution in [0, 0.1) is 4.84 Å². The highest BCUT2D eigenvalue weighted by Gasteiger charge is 2.06. The molecular formula is C6H10N8OS. The van der Waals surface area contributed by atoms with Crippen molar-refractivity contribution in [2.75, 3.05) is 11.6 Å². The fourth-order valence-electron chi connectivity index (χ4n) is 1.15. The van der Waals surface area contributed by atoms with Crippen LogP contribution in [-0.2, 0) is 6.42 Å². The van der Waals surface area contributed by atoms with E-state index >= 15 is 0 Å². The van der Waals surface area contributed by atoms with Crippen LogP contribution in [0.2, 0.25) is 0 Å². The summed E-state index contributed by atoms with van der Waals surface area (Å²) in [5, 5.41) is 17.4. The summed E-state index contributed by atoms with van der Waals surface area (Å²) in [4.78, 5) is 4.00. The van der Waals surface area contributed by atoms with E-state index < -0.39 is 0 Å². The van der Waals surface area contributed by atoms with Crippen LogP contribution < -0.4 is 10.9 Å². The van der Waals surface area contributed by atoms with Gasteiger partial charge in [0.25, 0.3) is 5.95 Å². The average Bonchev–Trinajstić information content (AvgIpc) is 2.89. The van der Waals surface area contributed by atoms with Gasteiger partial charge in [0, 0.05) is 13.0 Å². The number of hydrogen-bond donors (Lipinski definition) is 3. The fraction of sp³-hybridized carbons (Fsp3) is 0.500. The van der Waals surface area contributed by atoms with E-state index in [-0.39, 0.29) is 4.84 Å². The summed E-state index contributed by atoms with van der Waals surface area (Å²) < 4.78 is 4.76. The smallest absolute Gasteiger partial charge is 0.315 e. The molecule has 2 aromatic heterocycles. The zero-order valence-electron chi connectivity index (χ0n) is 8.25. The van der Waals surface area contributed by atoms with Crippen molar-refractivity contribution in [1.29, 1.82) is 0 Å². The summed E-state index contributed by atoms with van der Waals surface area (Å²) in [7, 11) is 0. The molecule has 2 heterocycles. The predicted molar refractivity (Wildman–Crippen MR) is 55.7 cm³/mol. The second-order valence-corrected chi connectivity index (χ2v) is 3.38. The molecule has 10 heteroatoms. The quantitative estimate of drug-likeness (QED) is 0.366. The summed E-state index contributed by atoms with van der Waals surface area (Å²) in [6.07, 6.45) is 1.45. The first-order valence-corrected chi connectivity index (χ1v) is 4.96. The lowest BCUT2D eigenvalue weighted by atomic mass is 10.3. The molecule has 0 aliphatic carbocycles. The van der Waals surface area contributed by atoms with E-state index in [1.54, 1.807) is 0 Å². The number of anilines is 1. The Labute approximate surface area is 95.0 Å². The number of rotatable bonds is 5. The Hall–Kier alpha value is -1.81. The summed E-state index contributed by atoms with van der Waals surface area (Å²) in [5.41, 5.74) is 0. The molecule has 9 nitrogen and oxygen atoms in total. The Morgan fingerprint density at radius 2 is 2.38 bits per heavy atom. The largest absolute Gasteiger partial charge is 0.346 e. The Morgan fingerprint density at radius 1 is 1.50 bits per heavy atom. The van der Waals surface area contributed by atoms with E-state index in [1.165, 1.54) is 5.01 Å². The first-order valence-electron chi connectivity index (χ1n) is 4.56. The lowest BCUT2D eigenvalue weighted by Crippen LogP contribution is -2.33. The standard InChI is InChI=1S/C6H10N8OS/c7-14(5-8-6(16)15-11-5)3-1-2-4-9-12-13-10-4/h1-3,7H2,(H,8,11,16)(H,9,10,12,13). The fourth-order valence-corrected chi connectivity index (χ4v) is 1.27. The number of tetrazole rings is 1. The molecule has 0 fully saturated rings. The number of H-pyrrole nitrogens is 2. The minimum Gasteiger partial charge on any atom is -0.346 e. The van der Waals surface area contributed by atoms with E-state index in [0.29, 0.717) is 24.7 Å². The first-order chi connectivity index (χ1) is 7.75. The van der Waals surface area contributed by atoms with Crippen molar-refractivity contribution in [1.82, 2.24) is 30.8 Å². The number of aryl methyl sites for hydroxylation is 1. The van der Waals surface area contributed by atoms with Crippen molar-refractivity contribution in [3.8, 4) is 0 Å². The highest BCUT2D eigenvalue weighted by molar-refractivity contribution is 7.71. The highest BCUT2D eigenvalue weighted by atomic mass is 32.1. The van der Waals surface area contributed by atoms with Gasteiger partial charge in [0.15, 0.2) is 5.82 Å². The summed E-state index contributed by atoms with van der Waals surface area (Å²) in [6, 6.07) is 0. The molecule has 0 amide bonds. The van der Waals surface area contributed by atoms with Gasteiger partial charge >= 0.3 is 4.84 Å². The maximum absolute atomic E-state index is 5.72. The van der Waals surface area contributed by atoms with Crippen molar-refractivity contribution in [2.45, 2.75) is 12.8 Å². The molecule has 86 valence electrons. The predicted octanol–water partition coefficient (Wildman–Crippen LogP) is -0.442. The molecule has 2 aromatic rings. The third kappa shape index (κ3) is 2.61. The molecule has 2 rings (SSSR count). The molecule has 0 radical (unpaired) electrons. The summed E-state index contributed by atoms with van der Waals surface area (Å²) >= 11 is 4.71. The molecule has 0 bridgehead atoms. The number of aromatic nitrogens is 6. The van der Waals surface area contributed by atoms with E-state index in [1.807, 2.05) is 0 Å². The van der Waals surface area contributed by atoms with Gasteiger partial charge in [-0.05, 0) is 18.6 Å². The van der Waals surface area contributed by atoms with Crippen LogP contribution in [0.25, 0.3) is 0 Å². The van der Waals surface area contributed by atoms with Crippen LogP contribution in [0.15, 0.2) is 4.52 Å². The molecule has 0 saturated carbocycles. The number of hydrogen-bond acceptors (Lipinski definition) is 8. The van der Waals surface area contributed by atoms with E-state index in [4.69, 9.17) is 22.6 Å².